The van der Waals surface area contributed by atoms with Crippen molar-refractivity contribution in [2.75, 3.05) is 0 Å². The number of hydrogen-bond donors (Lipinski definition) is 0. The number of nitrogens with zero attached hydrogens (tertiary/aromatic N) is 1. The van der Waals surface area contributed by atoms with Gasteiger partial charge in [-0.1, -0.05) is 54.6 Å². The van der Waals surface area contributed by atoms with Crippen molar-refractivity contribution in [2.24, 2.45) is 0 Å². The van der Waals surface area contributed by atoms with Crippen molar-refractivity contribution in [1.29, 1.82) is 0 Å². The van der Waals surface area contributed by atoms with E-state index in [9.17, 15) is 19.7 Å². The fourth-order valence-corrected chi connectivity index (χ4v) is 4.25. The highest BCUT2D eigenvalue weighted by atomic mass is 16.6. The van der Waals surface area contributed by atoms with Gasteiger partial charge in [-0.15, -0.1) is 0 Å². The van der Waals surface area contributed by atoms with E-state index in [0.29, 0.717) is 27.7 Å². The molecule has 6 rings (SSSR count). The minimum Gasteiger partial charge on any atom is -0.456 e. The molecule has 0 amide bonds. The molecule has 0 aliphatic heterocycles. The second kappa shape index (κ2) is 9.18. The maximum absolute atomic E-state index is 13.5. The topological polar surface area (TPSA) is 113 Å². The summed E-state index contributed by atoms with van der Waals surface area (Å²) in [5.74, 6) is -0.0311. The predicted octanol–water partition coefficient (Wildman–Crippen LogP) is 6.93. The van der Waals surface area contributed by atoms with Gasteiger partial charge in [0.2, 0.25) is 16.9 Å². The highest BCUT2D eigenvalue weighted by Gasteiger charge is 2.24. The molecule has 0 atom stereocenters. The van der Waals surface area contributed by atoms with E-state index in [1.165, 1.54) is 24.3 Å². The van der Waals surface area contributed by atoms with E-state index in [0.717, 1.165) is 0 Å². The fraction of sp³-hybridized carbons (Fsp3) is 0. The molecule has 0 spiro atoms. The molecule has 2 heterocycles. The molecule has 0 bridgehead atoms. The maximum Gasteiger partial charge on any atom is 0.312 e. The summed E-state index contributed by atoms with van der Waals surface area (Å²) in [6, 6.07) is 27.8. The van der Waals surface area contributed by atoms with Crippen LogP contribution >= 0.6 is 0 Å². The molecule has 6 aromatic rings. The number of nitro groups is 1. The Bertz CT molecular complexity index is 1970. The van der Waals surface area contributed by atoms with Crippen LogP contribution in [0.2, 0.25) is 0 Å². The summed E-state index contributed by atoms with van der Waals surface area (Å²) in [5, 5.41) is 12.7. The third kappa shape index (κ3) is 4.00. The first kappa shape index (κ1) is 22.9. The van der Waals surface area contributed by atoms with Crippen LogP contribution in [0, 0.1) is 10.1 Å². The molecule has 0 aliphatic carbocycles. The van der Waals surface area contributed by atoms with Crippen molar-refractivity contribution >= 4 is 27.6 Å². The first-order valence-corrected chi connectivity index (χ1v) is 11.6. The van der Waals surface area contributed by atoms with Gasteiger partial charge in [-0.25, -0.2) is 0 Å². The normalized spacial score (nSPS) is 11.1. The van der Waals surface area contributed by atoms with Crippen LogP contribution in [0.5, 0.6) is 11.5 Å². The van der Waals surface area contributed by atoms with Crippen molar-refractivity contribution in [3.8, 4) is 34.1 Å². The predicted molar refractivity (Wildman–Crippen MR) is 143 cm³/mol. The van der Waals surface area contributed by atoms with Gasteiger partial charge in [-0.05, 0) is 36.4 Å². The second-order valence-corrected chi connectivity index (χ2v) is 8.46. The third-order valence-corrected chi connectivity index (χ3v) is 6.08. The number of para-hydroxylation sites is 2. The van der Waals surface area contributed by atoms with Crippen LogP contribution in [0.3, 0.4) is 0 Å². The minimum absolute atomic E-state index is 0.146. The standard InChI is InChI=1S/C30H17NO7/c32-23-17-27(36-24-12-6-4-10-20(23)24)19-14-15-26(22(16-19)31(34)35)38-30-28(33)21-11-5-7-13-25(21)37-29(30)18-8-2-1-3-9-18/h1-17H. The Labute approximate surface area is 214 Å². The summed E-state index contributed by atoms with van der Waals surface area (Å²) in [6.45, 7) is 0. The molecule has 0 N–H and O–H groups in total. The highest BCUT2D eigenvalue weighted by Crippen LogP contribution is 2.39. The third-order valence-electron chi connectivity index (χ3n) is 6.08. The zero-order valence-corrected chi connectivity index (χ0v) is 19.6. The number of nitro benzene ring substituents is 1. The van der Waals surface area contributed by atoms with Crippen LogP contribution in [0.25, 0.3) is 44.6 Å². The smallest absolute Gasteiger partial charge is 0.312 e. The fourth-order valence-electron chi connectivity index (χ4n) is 4.25. The van der Waals surface area contributed by atoms with Gasteiger partial charge in [0, 0.05) is 23.3 Å². The molecule has 4 aromatic carbocycles. The number of ether oxygens (including phenoxy) is 1. The van der Waals surface area contributed by atoms with E-state index >= 15 is 0 Å². The Kier molecular flexibility index (Phi) is 5.54. The molecule has 8 nitrogen and oxygen atoms in total. The Hall–Kier alpha value is -5.50. The molecule has 2 aromatic heterocycles. The van der Waals surface area contributed by atoms with Gasteiger partial charge < -0.3 is 13.6 Å². The van der Waals surface area contributed by atoms with Gasteiger partial charge in [0.15, 0.2) is 11.2 Å². The summed E-state index contributed by atoms with van der Waals surface area (Å²) < 4.78 is 17.8. The van der Waals surface area contributed by atoms with Crippen LogP contribution in [-0.4, -0.2) is 4.92 Å². The Balaban J connectivity index is 1.50. The number of hydrogen-bond acceptors (Lipinski definition) is 7. The van der Waals surface area contributed by atoms with Crippen molar-refractivity contribution in [3.05, 3.63) is 134 Å². The quantitative estimate of drug-likeness (QED) is 0.185. The van der Waals surface area contributed by atoms with Crippen LogP contribution < -0.4 is 15.6 Å². The first-order valence-electron chi connectivity index (χ1n) is 11.6. The van der Waals surface area contributed by atoms with Crippen molar-refractivity contribution in [2.45, 2.75) is 0 Å². The lowest BCUT2D eigenvalue weighted by Gasteiger charge is -2.12. The number of fused-ring (bicyclic) bond motifs is 2. The minimum atomic E-state index is -0.622. The van der Waals surface area contributed by atoms with Gasteiger partial charge >= 0.3 is 5.69 Å². The highest BCUT2D eigenvalue weighted by molar-refractivity contribution is 5.82. The molecule has 0 unspecified atom stereocenters. The van der Waals surface area contributed by atoms with Gasteiger partial charge in [-0.3, -0.25) is 19.7 Å². The van der Waals surface area contributed by atoms with E-state index in [1.807, 2.05) is 6.07 Å². The lowest BCUT2D eigenvalue weighted by Crippen LogP contribution is -2.08. The SMILES string of the molecule is O=c1cc(-c2ccc(Oc3c(-c4ccccc4)oc4ccccc4c3=O)c([N+](=O)[O-])c2)oc2ccccc12. The monoisotopic (exact) mass is 503 g/mol. The van der Waals surface area contributed by atoms with Crippen LogP contribution in [0.1, 0.15) is 0 Å². The molecular weight excluding hydrogens is 486 g/mol. The molecule has 0 saturated carbocycles. The Morgan fingerprint density at radius 3 is 2.08 bits per heavy atom. The molecule has 184 valence electrons. The molecule has 0 aliphatic rings. The molecule has 0 fully saturated rings. The Morgan fingerprint density at radius 1 is 0.684 bits per heavy atom. The van der Waals surface area contributed by atoms with E-state index in [1.54, 1.807) is 72.8 Å². The summed E-state index contributed by atoms with van der Waals surface area (Å²) >= 11 is 0. The summed E-state index contributed by atoms with van der Waals surface area (Å²) in [7, 11) is 0. The van der Waals surface area contributed by atoms with E-state index < -0.39 is 16.0 Å². The van der Waals surface area contributed by atoms with E-state index in [4.69, 9.17) is 13.6 Å². The molecule has 0 saturated heterocycles. The van der Waals surface area contributed by atoms with Gasteiger partial charge in [0.05, 0.1) is 15.7 Å². The molecule has 8 heteroatoms. The van der Waals surface area contributed by atoms with E-state index in [2.05, 4.69) is 0 Å². The maximum atomic E-state index is 13.5. The zero-order valence-electron chi connectivity index (χ0n) is 19.6. The average Bonchev–Trinajstić information content (AvgIpc) is 2.95. The molecular formula is C30H17NO7. The largest absolute Gasteiger partial charge is 0.456 e. The van der Waals surface area contributed by atoms with Crippen LogP contribution in [0.4, 0.5) is 5.69 Å². The van der Waals surface area contributed by atoms with Crippen LogP contribution in [0.15, 0.2) is 122 Å². The van der Waals surface area contributed by atoms with Gasteiger partial charge in [-0.2, -0.15) is 0 Å². The van der Waals surface area contributed by atoms with Gasteiger partial charge in [0.25, 0.3) is 0 Å². The zero-order chi connectivity index (χ0) is 26.2. The average molecular weight is 503 g/mol. The summed E-state index contributed by atoms with van der Waals surface area (Å²) in [4.78, 5) is 37.4. The molecule has 0 radical (unpaired) electrons. The van der Waals surface area contributed by atoms with E-state index in [-0.39, 0.29) is 33.8 Å². The number of benzene rings is 4. The molecule has 38 heavy (non-hydrogen) atoms. The lowest BCUT2D eigenvalue weighted by molar-refractivity contribution is -0.385. The van der Waals surface area contributed by atoms with Crippen molar-refractivity contribution in [3.63, 3.8) is 0 Å². The Morgan fingerprint density at radius 2 is 1.34 bits per heavy atom. The lowest BCUT2D eigenvalue weighted by atomic mass is 10.1. The summed E-state index contributed by atoms with van der Waals surface area (Å²) in [5.41, 5.74) is 0.447. The van der Waals surface area contributed by atoms with Crippen LogP contribution in [-0.2, 0) is 0 Å². The van der Waals surface area contributed by atoms with Gasteiger partial charge in [0.1, 0.15) is 16.9 Å². The van der Waals surface area contributed by atoms with Crippen molar-refractivity contribution < 1.29 is 18.5 Å². The van der Waals surface area contributed by atoms with Crippen molar-refractivity contribution in [1.82, 2.24) is 0 Å². The number of rotatable bonds is 5. The second-order valence-electron chi connectivity index (χ2n) is 8.46. The first-order chi connectivity index (χ1) is 18.5. The summed E-state index contributed by atoms with van der Waals surface area (Å²) in [6.07, 6.45) is 0.